The third-order valence-electron chi connectivity index (χ3n) is 2.62. The number of nitrogens with one attached hydrogen (secondary N) is 1. The summed E-state index contributed by atoms with van der Waals surface area (Å²) in [6, 6.07) is 0.0687. The van der Waals surface area contributed by atoms with Gasteiger partial charge in [0.2, 0.25) is 0 Å². The summed E-state index contributed by atoms with van der Waals surface area (Å²) in [5, 5.41) is 2.80. The summed E-state index contributed by atoms with van der Waals surface area (Å²) in [6.45, 7) is 8.18. The normalized spacial score (nSPS) is 16.2. The van der Waals surface area contributed by atoms with Gasteiger partial charge >= 0.3 is 6.03 Å². The van der Waals surface area contributed by atoms with E-state index in [4.69, 9.17) is 5.73 Å². The number of hydrogen-bond donors (Lipinski definition) is 2. The highest BCUT2D eigenvalue weighted by molar-refractivity contribution is 5.76. The molecule has 1 aliphatic rings. The summed E-state index contributed by atoms with van der Waals surface area (Å²) >= 11 is 0. The largest absolute Gasteiger partial charge is 0.336 e. The Kier molecular flexibility index (Phi) is 5.42. The van der Waals surface area contributed by atoms with Crippen LogP contribution < -0.4 is 11.1 Å². The van der Waals surface area contributed by atoms with Crippen molar-refractivity contribution in [1.29, 1.82) is 0 Å². The molecule has 3 N–H and O–H groups in total. The highest BCUT2D eigenvalue weighted by atomic mass is 16.2. The molecule has 15 heavy (non-hydrogen) atoms. The second-order valence-corrected chi connectivity index (χ2v) is 3.85. The highest BCUT2D eigenvalue weighted by Crippen LogP contribution is 1.98. The molecule has 0 bridgehead atoms. The Balaban J connectivity index is 2.22. The molecule has 0 aromatic heterocycles. The quantitative estimate of drug-likeness (QED) is 0.611. The number of amides is 2. The molecule has 0 aromatic carbocycles. The summed E-state index contributed by atoms with van der Waals surface area (Å²) in [5.74, 6) is 0. The van der Waals surface area contributed by atoms with E-state index in [0.29, 0.717) is 6.54 Å². The monoisotopic (exact) mass is 214 g/mol. The summed E-state index contributed by atoms with van der Waals surface area (Å²) in [7, 11) is 0. The molecule has 0 atom stereocenters. The molecule has 0 aromatic rings. The van der Waals surface area contributed by atoms with E-state index in [1.54, 1.807) is 0 Å². The summed E-state index contributed by atoms with van der Waals surface area (Å²) < 4.78 is 0. The summed E-state index contributed by atoms with van der Waals surface area (Å²) in [6.07, 6.45) is 1.13. The highest BCUT2D eigenvalue weighted by Gasteiger charge is 2.19. The van der Waals surface area contributed by atoms with E-state index in [1.165, 1.54) is 0 Å². The van der Waals surface area contributed by atoms with Crippen LogP contribution in [0.1, 0.15) is 13.3 Å². The Morgan fingerprint density at radius 1 is 1.47 bits per heavy atom. The van der Waals surface area contributed by atoms with E-state index >= 15 is 0 Å². The van der Waals surface area contributed by atoms with Crippen LogP contribution in [0.25, 0.3) is 0 Å². The fraction of sp³-hybridized carbons (Fsp3) is 0.900. The first kappa shape index (κ1) is 12.3. The standard InChI is InChI=1S/C10H22N4O/c1-2-5-13(6-3-11)8-9-14-7-4-12-10(14)15/h2-9,11H2,1H3,(H,12,15). The molecule has 5 nitrogen and oxygen atoms in total. The maximum Gasteiger partial charge on any atom is 0.317 e. The van der Waals surface area contributed by atoms with Crippen LogP contribution in [0.15, 0.2) is 0 Å². The summed E-state index contributed by atoms with van der Waals surface area (Å²) in [4.78, 5) is 15.4. The lowest BCUT2D eigenvalue weighted by molar-refractivity contribution is 0.202. The van der Waals surface area contributed by atoms with E-state index in [9.17, 15) is 4.79 Å². The third-order valence-corrected chi connectivity index (χ3v) is 2.62. The van der Waals surface area contributed by atoms with Crippen molar-refractivity contribution in [3.05, 3.63) is 0 Å². The lowest BCUT2D eigenvalue weighted by atomic mass is 10.3. The first-order valence-electron chi connectivity index (χ1n) is 5.73. The van der Waals surface area contributed by atoms with Gasteiger partial charge in [-0.2, -0.15) is 0 Å². The van der Waals surface area contributed by atoms with Crippen LogP contribution in [0.5, 0.6) is 0 Å². The predicted molar refractivity (Wildman–Crippen MR) is 60.8 cm³/mol. The molecule has 1 heterocycles. The number of carbonyl (C=O) groups excluding carboxylic acids is 1. The van der Waals surface area contributed by atoms with E-state index < -0.39 is 0 Å². The van der Waals surface area contributed by atoms with Gasteiger partial charge in [0.15, 0.2) is 0 Å². The first-order valence-corrected chi connectivity index (χ1v) is 5.73. The Hall–Kier alpha value is -0.810. The van der Waals surface area contributed by atoms with Crippen LogP contribution >= 0.6 is 0 Å². The van der Waals surface area contributed by atoms with E-state index in [1.807, 2.05) is 4.90 Å². The van der Waals surface area contributed by atoms with Gasteiger partial charge in [0, 0.05) is 39.3 Å². The minimum atomic E-state index is 0.0687. The second-order valence-electron chi connectivity index (χ2n) is 3.85. The number of nitrogens with zero attached hydrogens (tertiary/aromatic N) is 2. The first-order chi connectivity index (χ1) is 7.27. The average molecular weight is 214 g/mol. The molecule has 1 saturated heterocycles. The van der Waals surface area contributed by atoms with E-state index in [2.05, 4.69) is 17.1 Å². The molecule has 0 spiro atoms. The van der Waals surface area contributed by atoms with Crippen LogP contribution in [-0.4, -0.2) is 61.6 Å². The smallest absolute Gasteiger partial charge is 0.317 e. The molecule has 1 aliphatic heterocycles. The summed E-state index contributed by atoms with van der Waals surface area (Å²) in [5.41, 5.74) is 5.54. The SMILES string of the molecule is CCCN(CCN)CCN1CCNC1=O. The number of urea groups is 1. The number of hydrogen-bond acceptors (Lipinski definition) is 3. The van der Waals surface area contributed by atoms with Crippen molar-refractivity contribution in [3.8, 4) is 0 Å². The maximum atomic E-state index is 11.3. The van der Waals surface area contributed by atoms with E-state index in [-0.39, 0.29) is 6.03 Å². The van der Waals surface area contributed by atoms with Gasteiger partial charge < -0.3 is 20.9 Å². The molecule has 1 fully saturated rings. The van der Waals surface area contributed by atoms with Gasteiger partial charge in [-0.15, -0.1) is 0 Å². The van der Waals surface area contributed by atoms with Gasteiger partial charge in [-0.05, 0) is 13.0 Å². The van der Waals surface area contributed by atoms with Crippen LogP contribution in [0.4, 0.5) is 4.79 Å². The number of nitrogens with two attached hydrogens (primary N) is 1. The van der Waals surface area contributed by atoms with Gasteiger partial charge in [0.1, 0.15) is 0 Å². The van der Waals surface area contributed by atoms with Crippen molar-refractivity contribution in [3.63, 3.8) is 0 Å². The zero-order valence-electron chi connectivity index (χ0n) is 9.54. The van der Waals surface area contributed by atoms with Gasteiger partial charge in [0.05, 0.1) is 0 Å². The maximum absolute atomic E-state index is 11.3. The van der Waals surface area contributed by atoms with E-state index in [0.717, 1.165) is 45.7 Å². The Labute approximate surface area is 91.6 Å². The van der Waals surface area contributed by atoms with Crippen molar-refractivity contribution in [1.82, 2.24) is 15.1 Å². The van der Waals surface area contributed by atoms with Gasteiger partial charge in [0.25, 0.3) is 0 Å². The van der Waals surface area contributed by atoms with Crippen molar-refractivity contribution in [2.45, 2.75) is 13.3 Å². The second kappa shape index (κ2) is 6.63. The van der Waals surface area contributed by atoms with Crippen molar-refractivity contribution in [2.75, 3.05) is 45.8 Å². The molecular weight excluding hydrogens is 192 g/mol. The predicted octanol–water partition coefficient (Wildman–Crippen LogP) is -0.318. The van der Waals surface area contributed by atoms with Gasteiger partial charge in [-0.3, -0.25) is 0 Å². The van der Waals surface area contributed by atoms with Crippen molar-refractivity contribution >= 4 is 6.03 Å². The molecular formula is C10H22N4O. The van der Waals surface area contributed by atoms with Crippen LogP contribution in [0.3, 0.4) is 0 Å². The molecule has 2 amide bonds. The molecule has 0 saturated carbocycles. The van der Waals surface area contributed by atoms with Crippen molar-refractivity contribution in [2.24, 2.45) is 5.73 Å². The molecule has 0 unspecified atom stereocenters. The Morgan fingerprint density at radius 2 is 2.27 bits per heavy atom. The van der Waals surface area contributed by atoms with Gasteiger partial charge in [-0.25, -0.2) is 4.79 Å². The van der Waals surface area contributed by atoms with Crippen LogP contribution in [0, 0.1) is 0 Å². The molecule has 1 rings (SSSR count). The topological polar surface area (TPSA) is 61.6 Å². The fourth-order valence-corrected chi connectivity index (χ4v) is 1.82. The third kappa shape index (κ3) is 4.05. The molecule has 88 valence electrons. The molecule has 0 aliphatic carbocycles. The minimum Gasteiger partial charge on any atom is -0.336 e. The fourth-order valence-electron chi connectivity index (χ4n) is 1.82. The number of rotatable bonds is 7. The Bertz CT molecular complexity index is 192. The number of carbonyl (C=O) groups is 1. The molecule has 0 radical (unpaired) electrons. The Morgan fingerprint density at radius 3 is 2.80 bits per heavy atom. The van der Waals surface area contributed by atoms with Crippen LogP contribution in [0.2, 0.25) is 0 Å². The lowest BCUT2D eigenvalue weighted by Crippen LogP contribution is -2.39. The lowest BCUT2D eigenvalue weighted by Gasteiger charge is -2.23. The zero-order valence-corrected chi connectivity index (χ0v) is 9.54. The minimum absolute atomic E-state index is 0.0687. The molecule has 5 heteroatoms. The average Bonchev–Trinajstić information content (AvgIpc) is 2.61. The van der Waals surface area contributed by atoms with Crippen LogP contribution in [-0.2, 0) is 0 Å². The van der Waals surface area contributed by atoms with Gasteiger partial charge in [-0.1, -0.05) is 6.92 Å². The van der Waals surface area contributed by atoms with Crippen molar-refractivity contribution < 1.29 is 4.79 Å². The zero-order chi connectivity index (χ0) is 11.1.